The molecule has 3 heteroatoms. The van der Waals surface area contributed by atoms with Gasteiger partial charge in [-0.3, -0.25) is 0 Å². The Labute approximate surface area is 142 Å². The van der Waals surface area contributed by atoms with E-state index in [9.17, 15) is 8.78 Å². The third-order valence-electron chi connectivity index (χ3n) is 5.33. The molecule has 0 unspecified atom stereocenters. The molecule has 2 aromatic rings. The van der Waals surface area contributed by atoms with Crippen LogP contribution in [0.4, 0.5) is 8.78 Å². The maximum Gasteiger partial charge on any atom is 0.201 e. The van der Waals surface area contributed by atoms with Crippen molar-refractivity contribution in [1.82, 2.24) is 0 Å². The first-order valence-corrected chi connectivity index (χ1v) is 8.70. The van der Waals surface area contributed by atoms with Crippen LogP contribution in [0, 0.1) is 17.6 Å². The van der Waals surface area contributed by atoms with Crippen LogP contribution >= 0.6 is 0 Å². The van der Waals surface area contributed by atoms with Gasteiger partial charge in [-0.25, -0.2) is 4.39 Å². The van der Waals surface area contributed by atoms with E-state index in [0.717, 1.165) is 30.7 Å². The van der Waals surface area contributed by atoms with Crippen LogP contribution in [0.1, 0.15) is 50.0 Å². The van der Waals surface area contributed by atoms with Gasteiger partial charge >= 0.3 is 0 Å². The first-order valence-electron chi connectivity index (χ1n) is 8.70. The highest BCUT2D eigenvalue weighted by atomic mass is 19.2. The topological polar surface area (TPSA) is 9.23 Å². The molecule has 0 heterocycles. The number of allylic oxidation sites excluding steroid dienone is 1. The highest BCUT2D eigenvalue weighted by molar-refractivity contribution is 5.85. The zero-order valence-corrected chi connectivity index (χ0v) is 14.2. The fraction of sp³-hybridized carbons (Fsp3) is 0.429. The van der Waals surface area contributed by atoms with E-state index < -0.39 is 11.6 Å². The van der Waals surface area contributed by atoms with Crippen LogP contribution in [0.5, 0.6) is 5.75 Å². The molecule has 0 atom stereocenters. The summed E-state index contributed by atoms with van der Waals surface area (Å²) in [7, 11) is 1.35. The second-order valence-electron chi connectivity index (χ2n) is 6.77. The number of hydrogen-bond donors (Lipinski definition) is 0. The minimum absolute atomic E-state index is 0.0459. The number of hydrogen-bond acceptors (Lipinski definition) is 1. The minimum Gasteiger partial charge on any atom is -0.494 e. The summed E-state index contributed by atoms with van der Waals surface area (Å²) >= 11 is 0. The number of fused-ring (bicyclic) bond motifs is 1. The average molecular weight is 330 g/mol. The predicted octanol–water partition coefficient (Wildman–Crippen LogP) is 6.37. The first kappa shape index (κ1) is 16.9. The van der Waals surface area contributed by atoms with E-state index >= 15 is 0 Å². The number of benzene rings is 2. The minimum atomic E-state index is -0.907. The molecule has 0 N–H and O–H groups in total. The summed E-state index contributed by atoms with van der Waals surface area (Å²) in [5.41, 5.74) is 1.12. The Morgan fingerprint density at radius 1 is 1.12 bits per heavy atom. The summed E-state index contributed by atoms with van der Waals surface area (Å²) in [6.07, 6.45) is 8.93. The fourth-order valence-corrected chi connectivity index (χ4v) is 3.86. The number of methoxy groups -OCH3 is 1. The molecule has 24 heavy (non-hydrogen) atoms. The van der Waals surface area contributed by atoms with E-state index in [0.29, 0.717) is 16.7 Å². The van der Waals surface area contributed by atoms with Gasteiger partial charge in [-0.1, -0.05) is 18.2 Å². The quantitative estimate of drug-likeness (QED) is 0.579. The lowest BCUT2D eigenvalue weighted by Crippen LogP contribution is -2.13. The van der Waals surface area contributed by atoms with Gasteiger partial charge in [0.1, 0.15) is 0 Å². The molecule has 128 valence electrons. The van der Waals surface area contributed by atoms with Crippen molar-refractivity contribution in [3.8, 4) is 5.75 Å². The number of rotatable bonds is 5. The zero-order chi connectivity index (χ0) is 17.1. The molecule has 1 saturated carbocycles. The van der Waals surface area contributed by atoms with Gasteiger partial charge in [-0.05, 0) is 73.4 Å². The van der Waals surface area contributed by atoms with Crippen molar-refractivity contribution >= 4 is 10.8 Å². The Hall–Kier alpha value is -1.90. The van der Waals surface area contributed by atoms with Crippen molar-refractivity contribution in [2.75, 3.05) is 7.11 Å². The van der Waals surface area contributed by atoms with Crippen molar-refractivity contribution in [2.24, 2.45) is 5.92 Å². The van der Waals surface area contributed by atoms with Crippen LogP contribution in [0.15, 0.2) is 36.9 Å². The molecule has 1 aliphatic carbocycles. The summed E-state index contributed by atoms with van der Waals surface area (Å²) in [5.74, 6) is -0.547. The number of halogens is 2. The van der Waals surface area contributed by atoms with Crippen LogP contribution in [-0.4, -0.2) is 7.11 Å². The highest BCUT2D eigenvalue weighted by Gasteiger charge is 2.23. The van der Waals surface area contributed by atoms with E-state index in [1.807, 2.05) is 24.3 Å². The molecule has 2 aromatic carbocycles. The second kappa shape index (κ2) is 7.33. The molecular weight excluding hydrogens is 306 g/mol. The Morgan fingerprint density at radius 3 is 2.54 bits per heavy atom. The van der Waals surface area contributed by atoms with Crippen molar-refractivity contribution < 1.29 is 13.5 Å². The van der Waals surface area contributed by atoms with Gasteiger partial charge in [0, 0.05) is 5.39 Å². The van der Waals surface area contributed by atoms with Crippen LogP contribution < -0.4 is 4.74 Å². The van der Waals surface area contributed by atoms with Crippen LogP contribution in [0.3, 0.4) is 0 Å². The van der Waals surface area contributed by atoms with E-state index in [2.05, 4.69) is 6.58 Å². The van der Waals surface area contributed by atoms with Crippen LogP contribution in [0.25, 0.3) is 10.8 Å². The van der Waals surface area contributed by atoms with E-state index in [1.165, 1.54) is 26.4 Å². The van der Waals surface area contributed by atoms with Gasteiger partial charge in [0.2, 0.25) is 5.82 Å². The molecule has 0 aliphatic heterocycles. The Bertz CT molecular complexity index is 730. The van der Waals surface area contributed by atoms with E-state index in [4.69, 9.17) is 4.74 Å². The lowest BCUT2D eigenvalue weighted by atomic mass is 9.77. The Kier molecular flexibility index (Phi) is 5.17. The standard InChI is InChI=1S/C21H24F2O/c1-3-4-5-14-6-8-15(9-7-14)16-10-11-17-13-19(24-2)21(23)20(22)18(17)12-16/h3,10-15H,1,4-9H2,2H3. The highest BCUT2D eigenvalue weighted by Crippen LogP contribution is 2.39. The molecule has 0 amide bonds. The summed E-state index contributed by atoms with van der Waals surface area (Å²) in [6.45, 7) is 3.79. The Morgan fingerprint density at radius 2 is 1.88 bits per heavy atom. The normalized spacial score (nSPS) is 21.0. The second-order valence-corrected chi connectivity index (χ2v) is 6.77. The van der Waals surface area contributed by atoms with E-state index in [1.54, 1.807) is 6.07 Å². The molecular formula is C21H24F2O. The third-order valence-corrected chi connectivity index (χ3v) is 5.33. The van der Waals surface area contributed by atoms with Crippen molar-refractivity contribution in [1.29, 1.82) is 0 Å². The summed E-state index contributed by atoms with van der Waals surface area (Å²) in [6, 6.07) is 7.30. The van der Waals surface area contributed by atoms with E-state index in [-0.39, 0.29) is 5.75 Å². The lowest BCUT2D eigenvalue weighted by molar-refractivity contribution is 0.312. The van der Waals surface area contributed by atoms with Crippen LogP contribution in [-0.2, 0) is 0 Å². The molecule has 0 radical (unpaired) electrons. The first-order chi connectivity index (χ1) is 11.6. The molecule has 0 aromatic heterocycles. The molecule has 0 saturated heterocycles. The molecule has 1 nitrogen and oxygen atoms in total. The molecule has 1 fully saturated rings. The van der Waals surface area contributed by atoms with Gasteiger partial charge in [-0.15, -0.1) is 6.58 Å². The smallest absolute Gasteiger partial charge is 0.201 e. The fourth-order valence-electron chi connectivity index (χ4n) is 3.86. The average Bonchev–Trinajstić information content (AvgIpc) is 2.63. The lowest BCUT2D eigenvalue weighted by Gasteiger charge is -2.28. The van der Waals surface area contributed by atoms with Gasteiger partial charge in [0.25, 0.3) is 0 Å². The Balaban J connectivity index is 1.81. The van der Waals surface area contributed by atoms with Gasteiger partial charge in [0.15, 0.2) is 11.6 Å². The largest absolute Gasteiger partial charge is 0.494 e. The number of ether oxygens (including phenoxy) is 1. The predicted molar refractivity (Wildman–Crippen MR) is 94.5 cm³/mol. The summed E-state index contributed by atoms with van der Waals surface area (Å²) < 4.78 is 33.2. The van der Waals surface area contributed by atoms with Gasteiger partial charge in [-0.2, -0.15) is 4.39 Å². The van der Waals surface area contributed by atoms with Gasteiger partial charge < -0.3 is 4.74 Å². The zero-order valence-electron chi connectivity index (χ0n) is 14.2. The molecule has 0 spiro atoms. The molecule has 3 rings (SSSR count). The van der Waals surface area contributed by atoms with Crippen LogP contribution in [0.2, 0.25) is 0 Å². The van der Waals surface area contributed by atoms with Crippen molar-refractivity contribution in [3.63, 3.8) is 0 Å². The van der Waals surface area contributed by atoms with Gasteiger partial charge in [0.05, 0.1) is 7.11 Å². The maximum atomic E-state index is 14.3. The molecule has 1 aliphatic rings. The van der Waals surface area contributed by atoms with Crippen molar-refractivity contribution in [2.45, 2.75) is 44.4 Å². The summed E-state index contributed by atoms with van der Waals surface area (Å²) in [4.78, 5) is 0. The third kappa shape index (κ3) is 3.31. The maximum absolute atomic E-state index is 14.3. The summed E-state index contributed by atoms with van der Waals surface area (Å²) in [5, 5.41) is 1.02. The SMILES string of the molecule is C=CCCC1CCC(c2ccc3cc(OC)c(F)c(F)c3c2)CC1. The monoisotopic (exact) mass is 330 g/mol. The molecule has 0 bridgehead atoms. The van der Waals surface area contributed by atoms with Crippen molar-refractivity contribution in [3.05, 3.63) is 54.1 Å².